The molecule has 0 N–H and O–H groups in total. The van der Waals surface area contributed by atoms with Crippen molar-refractivity contribution in [1.29, 1.82) is 0 Å². The molecule has 1 atom stereocenters. The van der Waals surface area contributed by atoms with Crippen LogP contribution in [0.25, 0.3) is 11.1 Å². The van der Waals surface area contributed by atoms with Gasteiger partial charge in [-0.3, -0.25) is 0 Å². The number of benzene rings is 2. The van der Waals surface area contributed by atoms with E-state index >= 15 is 0 Å². The summed E-state index contributed by atoms with van der Waals surface area (Å²) in [6, 6.07) is 17.5. The van der Waals surface area contributed by atoms with Crippen LogP contribution in [0.3, 0.4) is 0 Å². The molecule has 100 valence electrons. The molecule has 0 amide bonds. The van der Waals surface area contributed by atoms with Gasteiger partial charge >= 0.3 is 0 Å². The fourth-order valence-corrected chi connectivity index (χ4v) is 4.41. The van der Waals surface area contributed by atoms with E-state index in [4.69, 9.17) is 0 Å². The summed E-state index contributed by atoms with van der Waals surface area (Å²) in [4.78, 5) is 0. The lowest BCUT2D eigenvalue weighted by molar-refractivity contribution is 0.895. The third kappa shape index (κ3) is 3.39. The summed E-state index contributed by atoms with van der Waals surface area (Å²) in [6.07, 6.45) is 8.28. The van der Waals surface area contributed by atoms with Crippen LogP contribution < -0.4 is 5.30 Å². The molecule has 19 heavy (non-hydrogen) atoms. The first-order chi connectivity index (χ1) is 9.24. The van der Waals surface area contributed by atoms with E-state index in [-0.39, 0.29) is 0 Å². The standard InChI is InChI=1S/C18H23P/c1-4-5-14-19(3)18-13-9-8-12-17(18)16-11-7-6-10-15(16)2/h6-13,19H,3-5,14H2,1-2H3. The van der Waals surface area contributed by atoms with Gasteiger partial charge in [0.15, 0.2) is 0 Å². The Labute approximate surface area is 117 Å². The summed E-state index contributed by atoms with van der Waals surface area (Å²) in [6.45, 7) is 4.44. The Hall–Kier alpha value is -1.26. The van der Waals surface area contributed by atoms with Crippen LogP contribution in [0.4, 0.5) is 0 Å². The molecule has 2 rings (SSSR count). The Bertz CT molecular complexity index is 569. The van der Waals surface area contributed by atoms with Gasteiger partial charge in [0.2, 0.25) is 0 Å². The molecule has 1 heteroatoms. The predicted molar refractivity (Wildman–Crippen MR) is 91.5 cm³/mol. The first kappa shape index (κ1) is 14.2. The predicted octanol–water partition coefficient (Wildman–Crippen LogP) is 4.73. The van der Waals surface area contributed by atoms with Crippen LogP contribution in [-0.4, -0.2) is 12.5 Å². The maximum absolute atomic E-state index is 4.46. The quantitative estimate of drug-likeness (QED) is 0.689. The number of aryl methyl sites for hydroxylation is 1. The SMILES string of the molecule is C=[PH](CCCC)c1ccccc1-c1ccccc1C. The topological polar surface area (TPSA) is 0 Å². The third-order valence-corrected chi connectivity index (χ3v) is 5.73. The van der Waals surface area contributed by atoms with Crippen LogP contribution >= 0.6 is 7.55 Å². The monoisotopic (exact) mass is 270 g/mol. The number of unbranched alkanes of at least 4 members (excludes halogenated alkanes) is 1. The Morgan fingerprint density at radius 1 is 0.947 bits per heavy atom. The van der Waals surface area contributed by atoms with Gasteiger partial charge in [-0.05, 0) is 41.5 Å². The highest BCUT2D eigenvalue weighted by Gasteiger charge is 2.08. The molecule has 0 fully saturated rings. The van der Waals surface area contributed by atoms with Crippen molar-refractivity contribution in [3.63, 3.8) is 0 Å². The highest BCUT2D eigenvalue weighted by Crippen LogP contribution is 2.30. The number of hydrogen-bond donors (Lipinski definition) is 0. The lowest BCUT2D eigenvalue weighted by Gasteiger charge is -2.14. The molecule has 0 radical (unpaired) electrons. The van der Waals surface area contributed by atoms with Crippen molar-refractivity contribution >= 4 is 19.1 Å². The summed E-state index contributed by atoms with van der Waals surface area (Å²) in [5, 5.41) is 1.48. The molecule has 1 unspecified atom stereocenters. The zero-order valence-corrected chi connectivity index (χ0v) is 12.9. The Balaban J connectivity index is 2.42. The van der Waals surface area contributed by atoms with E-state index in [0.717, 1.165) is 0 Å². The van der Waals surface area contributed by atoms with Crippen molar-refractivity contribution < 1.29 is 0 Å². The minimum atomic E-state index is -0.673. The third-order valence-electron chi connectivity index (χ3n) is 3.58. The van der Waals surface area contributed by atoms with E-state index in [1.807, 2.05) is 0 Å². The number of rotatable bonds is 5. The summed E-state index contributed by atoms with van der Waals surface area (Å²) in [5.41, 5.74) is 4.10. The largest absolute Gasteiger partial charge is 0.0993 e. The summed E-state index contributed by atoms with van der Waals surface area (Å²) < 4.78 is 0. The van der Waals surface area contributed by atoms with Crippen LogP contribution in [-0.2, 0) is 0 Å². The normalized spacial score (nSPS) is 12.3. The number of hydrogen-bond acceptors (Lipinski definition) is 0. The maximum atomic E-state index is 4.46. The lowest BCUT2D eigenvalue weighted by Crippen LogP contribution is -2.04. The fourth-order valence-electron chi connectivity index (χ4n) is 2.43. The first-order valence-corrected chi connectivity index (χ1v) is 8.98. The van der Waals surface area contributed by atoms with Crippen LogP contribution in [0.5, 0.6) is 0 Å². The van der Waals surface area contributed by atoms with Gasteiger partial charge in [-0.25, -0.2) is 0 Å². The molecule has 0 saturated carbocycles. The molecular weight excluding hydrogens is 247 g/mol. The second kappa shape index (κ2) is 6.78. The smallest absolute Gasteiger partial charge is 0.0107 e. The Kier molecular flexibility index (Phi) is 5.05. The van der Waals surface area contributed by atoms with Gasteiger partial charge in [0, 0.05) is 0 Å². The van der Waals surface area contributed by atoms with Crippen molar-refractivity contribution in [1.82, 2.24) is 0 Å². The molecule has 0 aliphatic rings. The highest BCUT2D eigenvalue weighted by atomic mass is 31.1. The molecule has 0 spiro atoms. The van der Waals surface area contributed by atoms with Gasteiger partial charge in [-0.15, -0.1) is 0 Å². The second-order valence-electron chi connectivity index (χ2n) is 5.07. The minimum Gasteiger partial charge on any atom is -0.0993 e. The highest BCUT2D eigenvalue weighted by molar-refractivity contribution is 7.64. The van der Waals surface area contributed by atoms with Crippen molar-refractivity contribution in [3.8, 4) is 11.1 Å². The van der Waals surface area contributed by atoms with Crippen molar-refractivity contribution in [2.75, 3.05) is 6.16 Å². The van der Waals surface area contributed by atoms with Gasteiger partial charge in [-0.1, -0.05) is 75.7 Å². The average Bonchev–Trinajstić information content (AvgIpc) is 2.45. The molecule has 2 aromatic rings. The molecule has 0 bridgehead atoms. The summed E-state index contributed by atoms with van der Waals surface area (Å²) in [7, 11) is -0.673. The molecule has 0 saturated heterocycles. The zero-order valence-electron chi connectivity index (χ0n) is 11.9. The van der Waals surface area contributed by atoms with Crippen molar-refractivity contribution in [2.24, 2.45) is 0 Å². The van der Waals surface area contributed by atoms with Crippen LogP contribution in [0.2, 0.25) is 0 Å². The average molecular weight is 270 g/mol. The van der Waals surface area contributed by atoms with E-state index in [1.165, 1.54) is 41.0 Å². The maximum Gasteiger partial charge on any atom is -0.0107 e. The molecule has 0 aliphatic carbocycles. The van der Waals surface area contributed by atoms with Gasteiger partial charge in [-0.2, -0.15) is 0 Å². The van der Waals surface area contributed by atoms with E-state index in [2.05, 4.69) is 68.7 Å². The Morgan fingerprint density at radius 2 is 1.58 bits per heavy atom. The van der Waals surface area contributed by atoms with Crippen LogP contribution in [0, 0.1) is 6.92 Å². The molecule has 0 heterocycles. The van der Waals surface area contributed by atoms with E-state index in [1.54, 1.807) is 0 Å². The lowest BCUT2D eigenvalue weighted by atomic mass is 10.0. The Morgan fingerprint density at radius 3 is 2.26 bits per heavy atom. The summed E-state index contributed by atoms with van der Waals surface area (Å²) in [5.74, 6) is 0. The molecule has 0 aliphatic heterocycles. The fraction of sp³-hybridized carbons (Fsp3) is 0.278. The summed E-state index contributed by atoms with van der Waals surface area (Å²) >= 11 is 0. The molecular formula is C18H23P. The van der Waals surface area contributed by atoms with Gasteiger partial charge < -0.3 is 0 Å². The molecule has 0 aromatic heterocycles. The van der Waals surface area contributed by atoms with Crippen LogP contribution in [0.15, 0.2) is 48.5 Å². The van der Waals surface area contributed by atoms with E-state index < -0.39 is 7.55 Å². The molecule has 2 aromatic carbocycles. The minimum absolute atomic E-state index is 0.673. The van der Waals surface area contributed by atoms with Gasteiger partial charge in [0.25, 0.3) is 0 Å². The van der Waals surface area contributed by atoms with E-state index in [0.29, 0.717) is 0 Å². The molecule has 0 nitrogen and oxygen atoms in total. The van der Waals surface area contributed by atoms with Crippen LogP contribution in [0.1, 0.15) is 25.3 Å². The second-order valence-corrected chi connectivity index (χ2v) is 7.31. The van der Waals surface area contributed by atoms with Crippen molar-refractivity contribution in [3.05, 3.63) is 54.1 Å². The van der Waals surface area contributed by atoms with Gasteiger partial charge in [0.05, 0.1) is 0 Å². The van der Waals surface area contributed by atoms with E-state index in [9.17, 15) is 0 Å². The zero-order chi connectivity index (χ0) is 13.7. The van der Waals surface area contributed by atoms with Crippen molar-refractivity contribution in [2.45, 2.75) is 26.7 Å². The van der Waals surface area contributed by atoms with Gasteiger partial charge in [0.1, 0.15) is 0 Å². The first-order valence-electron chi connectivity index (χ1n) is 7.07.